The summed E-state index contributed by atoms with van der Waals surface area (Å²) in [5.74, 6) is -0.509. The van der Waals surface area contributed by atoms with Crippen molar-refractivity contribution in [3.05, 3.63) is 56.2 Å². The standard InChI is InChI=1S/C14H8Cl2N2OS/c15-11-3-1-2-4-12(11)18-14(19)9(8-17)7-10-5-6-13(16)20-10/h1-7H,(H,18,19). The largest absolute Gasteiger partial charge is 0.320 e. The Hall–Kier alpha value is -1.80. The molecule has 1 N–H and O–H groups in total. The van der Waals surface area contributed by atoms with Crippen LogP contribution in [-0.2, 0) is 4.79 Å². The maximum atomic E-state index is 12.0. The minimum Gasteiger partial charge on any atom is -0.320 e. The second-order valence-corrected chi connectivity index (χ2v) is 5.90. The fraction of sp³-hybridized carbons (Fsp3) is 0. The number of para-hydroxylation sites is 1. The van der Waals surface area contributed by atoms with Gasteiger partial charge in [0.2, 0.25) is 0 Å². The maximum absolute atomic E-state index is 12.0. The number of nitrogens with one attached hydrogen (secondary N) is 1. The fourth-order valence-corrected chi connectivity index (χ4v) is 2.64. The van der Waals surface area contributed by atoms with Gasteiger partial charge in [-0.2, -0.15) is 5.26 Å². The molecule has 6 heteroatoms. The summed E-state index contributed by atoms with van der Waals surface area (Å²) in [6.07, 6.45) is 1.49. The quantitative estimate of drug-likeness (QED) is 0.663. The number of nitriles is 1. The minimum atomic E-state index is -0.509. The van der Waals surface area contributed by atoms with Crippen molar-refractivity contribution in [1.29, 1.82) is 5.26 Å². The van der Waals surface area contributed by atoms with Gasteiger partial charge >= 0.3 is 0 Å². The number of halogens is 2. The van der Waals surface area contributed by atoms with E-state index in [1.165, 1.54) is 17.4 Å². The molecule has 0 atom stereocenters. The second kappa shape index (κ2) is 6.58. The molecule has 1 aromatic carbocycles. The molecule has 0 saturated heterocycles. The third-order valence-corrected chi connectivity index (χ3v) is 3.88. The number of amides is 1. The second-order valence-electron chi connectivity index (χ2n) is 3.75. The number of benzene rings is 1. The SMILES string of the molecule is N#CC(=Cc1ccc(Cl)s1)C(=O)Nc1ccccc1Cl. The van der Waals surface area contributed by atoms with Crippen LogP contribution in [0, 0.1) is 11.3 Å². The lowest BCUT2D eigenvalue weighted by Gasteiger charge is -2.05. The molecule has 2 aromatic rings. The van der Waals surface area contributed by atoms with Crippen LogP contribution in [0.25, 0.3) is 6.08 Å². The zero-order chi connectivity index (χ0) is 14.5. The van der Waals surface area contributed by atoms with E-state index in [0.29, 0.717) is 15.0 Å². The number of carbonyl (C=O) groups excluding carboxylic acids is 1. The summed E-state index contributed by atoms with van der Waals surface area (Å²) in [6, 6.07) is 12.1. The summed E-state index contributed by atoms with van der Waals surface area (Å²) in [4.78, 5) is 12.8. The third-order valence-electron chi connectivity index (χ3n) is 2.37. The average Bonchev–Trinajstić information content (AvgIpc) is 2.84. The van der Waals surface area contributed by atoms with Crippen LogP contribution in [0.2, 0.25) is 9.36 Å². The van der Waals surface area contributed by atoms with E-state index in [1.54, 1.807) is 36.4 Å². The predicted molar refractivity (Wildman–Crippen MR) is 83.0 cm³/mol. The molecule has 3 nitrogen and oxygen atoms in total. The molecule has 0 bridgehead atoms. The van der Waals surface area contributed by atoms with Gasteiger partial charge in [-0.25, -0.2) is 0 Å². The van der Waals surface area contributed by atoms with Gasteiger partial charge in [0, 0.05) is 4.88 Å². The van der Waals surface area contributed by atoms with E-state index >= 15 is 0 Å². The van der Waals surface area contributed by atoms with Crippen LogP contribution in [0.15, 0.2) is 42.0 Å². The molecule has 0 aliphatic heterocycles. The minimum absolute atomic E-state index is 0.0107. The van der Waals surface area contributed by atoms with E-state index in [1.807, 2.05) is 6.07 Å². The average molecular weight is 323 g/mol. The first-order chi connectivity index (χ1) is 9.60. The predicted octanol–water partition coefficient (Wildman–Crippen LogP) is 4.60. The van der Waals surface area contributed by atoms with Crippen molar-refractivity contribution in [3.8, 4) is 6.07 Å². The van der Waals surface area contributed by atoms with Gasteiger partial charge in [-0.15, -0.1) is 11.3 Å². The highest BCUT2D eigenvalue weighted by atomic mass is 35.5. The molecule has 1 heterocycles. The van der Waals surface area contributed by atoms with Gasteiger partial charge in [0.1, 0.15) is 11.6 Å². The van der Waals surface area contributed by atoms with Crippen molar-refractivity contribution >= 4 is 52.2 Å². The van der Waals surface area contributed by atoms with Gasteiger partial charge in [0.25, 0.3) is 5.91 Å². The van der Waals surface area contributed by atoms with Crippen molar-refractivity contribution in [2.24, 2.45) is 0 Å². The Morgan fingerprint density at radius 2 is 2.00 bits per heavy atom. The Morgan fingerprint density at radius 1 is 1.25 bits per heavy atom. The highest BCUT2D eigenvalue weighted by Crippen LogP contribution is 2.24. The van der Waals surface area contributed by atoms with Gasteiger partial charge < -0.3 is 5.32 Å². The Balaban J connectivity index is 2.21. The van der Waals surface area contributed by atoms with E-state index in [4.69, 9.17) is 28.5 Å². The van der Waals surface area contributed by atoms with E-state index in [0.717, 1.165) is 4.88 Å². The zero-order valence-corrected chi connectivity index (χ0v) is 12.4. The van der Waals surface area contributed by atoms with Gasteiger partial charge in [-0.1, -0.05) is 35.3 Å². The van der Waals surface area contributed by atoms with E-state index < -0.39 is 5.91 Å². The highest BCUT2D eigenvalue weighted by molar-refractivity contribution is 7.17. The van der Waals surface area contributed by atoms with Crippen LogP contribution in [0.1, 0.15) is 4.88 Å². The van der Waals surface area contributed by atoms with Gasteiger partial charge in [-0.3, -0.25) is 4.79 Å². The molecule has 2 rings (SSSR count). The van der Waals surface area contributed by atoms with Crippen LogP contribution >= 0.6 is 34.5 Å². The number of nitrogens with zero attached hydrogens (tertiary/aromatic N) is 1. The van der Waals surface area contributed by atoms with Crippen molar-refractivity contribution in [1.82, 2.24) is 0 Å². The molecule has 1 aromatic heterocycles. The van der Waals surface area contributed by atoms with Crippen molar-refractivity contribution in [2.75, 3.05) is 5.32 Å². The molecule has 0 fully saturated rings. The summed E-state index contributed by atoms with van der Waals surface area (Å²) >= 11 is 13.0. The number of hydrogen-bond acceptors (Lipinski definition) is 3. The third kappa shape index (κ3) is 3.61. The lowest BCUT2D eigenvalue weighted by molar-refractivity contribution is -0.112. The topological polar surface area (TPSA) is 52.9 Å². The van der Waals surface area contributed by atoms with Crippen LogP contribution in [0.4, 0.5) is 5.69 Å². The first-order valence-corrected chi connectivity index (χ1v) is 7.10. The van der Waals surface area contributed by atoms with Crippen molar-refractivity contribution < 1.29 is 4.79 Å². The van der Waals surface area contributed by atoms with Crippen LogP contribution in [0.5, 0.6) is 0 Å². The number of anilines is 1. The highest BCUT2D eigenvalue weighted by Gasteiger charge is 2.11. The van der Waals surface area contributed by atoms with Gasteiger partial charge in [-0.05, 0) is 30.3 Å². The zero-order valence-electron chi connectivity index (χ0n) is 10.1. The Bertz CT molecular complexity index is 716. The monoisotopic (exact) mass is 322 g/mol. The molecular weight excluding hydrogens is 315 g/mol. The Labute approximate surface area is 130 Å². The first-order valence-electron chi connectivity index (χ1n) is 5.53. The summed E-state index contributed by atoms with van der Waals surface area (Å²) in [5, 5.41) is 12.1. The molecule has 1 amide bonds. The maximum Gasteiger partial charge on any atom is 0.266 e. The summed E-state index contributed by atoms with van der Waals surface area (Å²) in [7, 11) is 0. The number of hydrogen-bond donors (Lipinski definition) is 1. The fourth-order valence-electron chi connectivity index (χ4n) is 1.45. The Morgan fingerprint density at radius 3 is 2.60 bits per heavy atom. The first kappa shape index (κ1) is 14.6. The van der Waals surface area contributed by atoms with Crippen molar-refractivity contribution in [2.45, 2.75) is 0 Å². The Kier molecular flexibility index (Phi) is 4.80. The van der Waals surface area contributed by atoms with Crippen LogP contribution in [-0.4, -0.2) is 5.91 Å². The van der Waals surface area contributed by atoms with Gasteiger partial charge in [0.05, 0.1) is 15.0 Å². The number of carbonyl (C=O) groups is 1. The van der Waals surface area contributed by atoms with E-state index in [9.17, 15) is 4.79 Å². The number of thiophene rings is 1. The molecule has 0 aliphatic rings. The van der Waals surface area contributed by atoms with Gasteiger partial charge in [0.15, 0.2) is 0 Å². The molecule has 20 heavy (non-hydrogen) atoms. The molecule has 0 radical (unpaired) electrons. The molecular formula is C14H8Cl2N2OS. The lowest BCUT2D eigenvalue weighted by atomic mass is 10.2. The van der Waals surface area contributed by atoms with Crippen LogP contribution in [0.3, 0.4) is 0 Å². The molecule has 100 valence electrons. The molecule has 0 aliphatic carbocycles. The number of rotatable bonds is 3. The summed E-state index contributed by atoms with van der Waals surface area (Å²) < 4.78 is 0.597. The van der Waals surface area contributed by atoms with Crippen molar-refractivity contribution in [3.63, 3.8) is 0 Å². The summed E-state index contributed by atoms with van der Waals surface area (Å²) in [6.45, 7) is 0. The normalized spacial score (nSPS) is 10.9. The molecule has 0 unspecified atom stereocenters. The molecule has 0 spiro atoms. The van der Waals surface area contributed by atoms with Crippen LogP contribution < -0.4 is 5.32 Å². The lowest BCUT2D eigenvalue weighted by Crippen LogP contribution is -2.13. The summed E-state index contributed by atoms with van der Waals surface area (Å²) in [5.41, 5.74) is 0.452. The smallest absolute Gasteiger partial charge is 0.266 e. The van der Waals surface area contributed by atoms with E-state index in [2.05, 4.69) is 5.32 Å². The van der Waals surface area contributed by atoms with E-state index in [-0.39, 0.29) is 5.57 Å². The molecule has 0 saturated carbocycles.